The van der Waals surface area contributed by atoms with Gasteiger partial charge >= 0.3 is 0 Å². The Morgan fingerprint density at radius 2 is 1.88 bits per heavy atom. The number of piperazine rings is 1. The number of imidazole rings is 1. The van der Waals surface area contributed by atoms with E-state index >= 15 is 0 Å². The first-order valence-electron chi connectivity index (χ1n) is 12.6. The maximum absolute atomic E-state index is 5.72. The van der Waals surface area contributed by atoms with Crippen LogP contribution >= 0.6 is 11.3 Å². The summed E-state index contributed by atoms with van der Waals surface area (Å²) in [4.78, 5) is 10.9. The number of hydrogen-bond donors (Lipinski definition) is 1. The van der Waals surface area contributed by atoms with Crippen molar-refractivity contribution >= 4 is 27.2 Å². The molecule has 0 spiro atoms. The zero-order valence-corrected chi connectivity index (χ0v) is 21.4. The molecule has 2 fully saturated rings. The summed E-state index contributed by atoms with van der Waals surface area (Å²) in [6.45, 7) is 10.2. The average Bonchev–Trinajstić information content (AvgIpc) is 3.58. The molecular formula is C25H36N6O2S. The second-order valence-electron chi connectivity index (χ2n) is 9.14. The Balaban J connectivity index is 1.47. The van der Waals surface area contributed by atoms with Crippen LogP contribution in [0.1, 0.15) is 46.0 Å². The third-order valence-corrected chi connectivity index (χ3v) is 7.78. The minimum atomic E-state index is 0.464. The van der Waals surface area contributed by atoms with Gasteiger partial charge in [0.1, 0.15) is 5.69 Å². The number of aromatic nitrogens is 3. The minimum Gasteiger partial charge on any atom is -0.493 e. The fourth-order valence-electron chi connectivity index (χ4n) is 5.03. The molecule has 3 heterocycles. The van der Waals surface area contributed by atoms with E-state index in [9.17, 15) is 0 Å². The van der Waals surface area contributed by atoms with Gasteiger partial charge in [-0.15, -0.1) is 5.10 Å². The number of fused-ring (bicyclic) bond motifs is 1. The first-order chi connectivity index (χ1) is 16.7. The standard InChI is InChI=1S/C25H36N6O2S/c1-4-12-29-13-15-30(16-14-29)25-28-31-23(26-19-8-6-7-9-19)22(27-24(31)34-25)18-10-11-20(33-5-2)21(17-18)32-3/h10-11,17,19,26H,4-9,12-16H2,1-3H3. The van der Waals surface area contributed by atoms with Crippen molar-refractivity contribution in [3.05, 3.63) is 18.2 Å². The SMILES string of the molecule is CCCN1CCN(c2nn3c(NC4CCCC4)c(-c4ccc(OCC)c(OC)c4)nc3s2)CC1. The quantitative estimate of drug-likeness (QED) is 0.470. The molecule has 0 bridgehead atoms. The predicted octanol–water partition coefficient (Wildman–Crippen LogP) is 4.75. The Bertz CT molecular complexity index is 1100. The average molecular weight is 485 g/mol. The van der Waals surface area contributed by atoms with Gasteiger partial charge in [0.2, 0.25) is 10.1 Å². The fourth-order valence-corrected chi connectivity index (χ4v) is 5.98. The highest BCUT2D eigenvalue weighted by atomic mass is 32.1. The zero-order valence-electron chi connectivity index (χ0n) is 20.5. The van der Waals surface area contributed by atoms with E-state index in [4.69, 9.17) is 19.6 Å². The molecular weight excluding hydrogens is 448 g/mol. The molecule has 2 aliphatic rings. The smallest absolute Gasteiger partial charge is 0.216 e. The van der Waals surface area contributed by atoms with E-state index in [1.165, 1.54) is 38.6 Å². The van der Waals surface area contributed by atoms with Gasteiger partial charge in [-0.1, -0.05) is 31.1 Å². The molecule has 9 heteroatoms. The van der Waals surface area contributed by atoms with Crippen molar-refractivity contribution in [2.45, 2.75) is 52.0 Å². The van der Waals surface area contributed by atoms with E-state index in [1.807, 2.05) is 23.6 Å². The van der Waals surface area contributed by atoms with Crippen LogP contribution in [-0.4, -0.2) is 72.0 Å². The highest BCUT2D eigenvalue weighted by Crippen LogP contribution is 2.38. The number of benzene rings is 1. The van der Waals surface area contributed by atoms with Crippen molar-refractivity contribution in [1.82, 2.24) is 19.5 Å². The van der Waals surface area contributed by atoms with Gasteiger partial charge in [0.25, 0.3) is 0 Å². The molecule has 8 nitrogen and oxygen atoms in total. The summed E-state index contributed by atoms with van der Waals surface area (Å²) < 4.78 is 13.4. The second-order valence-corrected chi connectivity index (χ2v) is 10.1. The van der Waals surface area contributed by atoms with Crippen LogP contribution in [0.3, 0.4) is 0 Å². The van der Waals surface area contributed by atoms with Crippen molar-refractivity contribution in [3.8, 4) is 22.8 Å². The van der Waals surface area contributed by atoms with Gasteiger partial charge in [0, 0.05) is 37.8 Å². The number of methoxy groups -OCH3 is 1. The normalized spacial score (nSPS) is 17.6. The molecule has 34 heavy (non-hydrogen) atoms. The lowest BCUT2D eigenvalue weighted by atomic mass is 10.1. The van der Waals surface area contributed by atoms with Crippen LogP contribution in [0, 0.1) is 0 Å². The van der Waals surface area contributed by atoms with E-state index in [1.54, 1.807) is 18.4 Å². The van der Waals surface area contributed by atoms with E-state index in [-0.39, 0.29) is 0 Å². The predicted molar refractivity (Wildman–Crippen MR) is 139 cm³/mol. The van der Waals surface area contributed by atoms with Crippen LogP contribution in [0.4, 0.5) is 10.9 Å². The summed E-state index contributed by atoms with van der Waals surface area (Å²) in [7, 11) is 1.68. The van der Waals surface area contributed by atoms with Crippen molar-refractivity contribution in [1.29, 1.82) is 0 Å². The van der Waals surface area contributed by atoms with Crippen LogP contribution in [0.2, 0.25) is 0 Å². The Kier molecular flexibility index (Phi) is 7.10. The molecule has 184 valence electrons. The van der Waals surface area contributed by atoms with Crippen molar-refractivity contribution < 1.29 is 9.47 Å². The second kappa shape index (κ2) is 10.4. The summed E-state index contributed by atoms with van der Waals surface area (Å²) in [6, 6.07) is 6.52. The molecule has 0 radical (unpaired) electrons. The molecule has 0 unspecified atom stereocenters. The Hall–Kier alpha value is -2.52. The Morgan fingerprint density at radius 3 is 2.59 bits per heavy atom. The molecule has 1 aliphatic heterocycles. The van der Waals surface area contributed by atoms with E-state index in [2.05, 4.69) is 28.1 Å². The van der Waals surface area contributed by atoms with Crippen LogP contribution in [0.5, 0.6) is 11.5 Å². The summed E-state index contributed by atoms with van der Waals surface area (Å²) in [5, 5.41) is 9.90. The molecule has 1 N–H and O–H groups in total. The van der Waals surface area contributed by atoms with Crippen molar-refractivity contribution in [2.75, 3.05) is 56.7 Å². The molecule has 1 saturated carbocycles. The molecule has 1 aliphatic carbocycles. The third-order valence-electron chi connectivity index (χ3n) is 6.81. The van der Waals surface area contributed by atoms with Crippen LogP contribution in [-0.2, 0) is 0 Å². The molecule has 2 aromatic heterocycles. The van der Waals surface area contributed by atoms with Gasteiger partial charge < -0.3 is 19.7 Å². The number of rotatable bonds is 9. The first-order valence-corrected chi connectivity index (χ1v) is 13.5. The van der Waals surface area contributed by atoms with Gasteiger partial charge in [0.15, 0.2) is 17.3 Å². The molecule has 1 aromatic carbocycles. The lowest BCUT2D eigenvalue weighted by molar-refractivity contribution is 0.258. The van der Waals surface area contributed by atoms with Gasteiger partial charge in [-0.05, 0) is 50.9 Å². The first kappa shape index (κ1) is 23.2. The molecule has 5 rings (SSSR count). The monoisotopic (exact) mass is 484 g/mol. The number of ether oxygens (including phenoxy) is 2. The minimum absolute atomic E-state index is 0.464. The number of nitrogens with zero attached hydrogens (tertiary/aromatic N) is 5. The van der Waals surface area contributed by atoms with Gasteiger partial charge in [-0.25, -0.2) is 4.98 Å². The largest absolute Gasteiger partial charge is 0.493 e. The number of anilines is 2. The Labute approximate surface area is 205 Å². The maximum atomic E-state index is 5.72. The van der Waals surface area contributed by atoms with Crippen molar-refractivity contribution in [3.63, 3.8) is 0 Å². The molecule has 3 aromatic rings. The maximum Gasteiger partial charge on any atom is 0.216 e. The topological polar surface area (TPSA) is 67.2 Å². The fraction of sp³-hybridized carbons (Fsp3) is 0.600. The summed E-state index contributed by atoms with van der Waals surface area (Å²) in [5.41, 5.74) is 1.93. The number of nitrogens with one attached hydrogen (secondary N) is 1. The molecule has 1 saturated heterocycles. The van der Waals surface area contributed by atoms with E-state index in [0.29, 0.717) is 12.6 Å². The van der Waals surface area contributed by atoms with Crippen molar-refractivity contribution in [2.24, 2.45) is 0 Å². The lowest BCUT2D eigenvalue weighted by Gasteiger charge is -2.34. The van der Waals surface area contributed by atoms with Gasteiger partial charge in [0.05, 0.1) is 13.7 Å². The number of hydrogen-bond acceptors (Lipinski definition) is 8. The molecule has 0 atom stereocenters. The lowest BCUT2D eigenvalue weighted by Crippen LogP contribution is -2.46. The van der Waals surface area contributed by atoms with Gasteiger partial charge in [-0.3, -0.25) is 4.90 Å². The van der Waals surface area contributed by atoms with Crippen LogP contribution in [0.25, 0.3) is 16.2 Å². The van der Waals surface area contributed by atoms with Crippen LogP contribution < -0.4 is 19.7 Å². The highest BCUT2D eigenvalue weighted by Gasteiger charge is 2.26. The third kappa shape index (κ3) is 4.68. The zero-order chi connectivity index (χ0) is 23.5. The summed E-state index contributed by atoms with van der Waals surface area (Å²) >= 11 is 1.68. The van der Waals surface area contributed by atoms with E-state index < -0.39 is 0 Å². The Morgan fingerprint density at radius 1 is 1.09 bits per heavy atom. The summed E-state index contributed by atoms with van der Waals surface area (Å²) in [6.07, 6.45) is 6.14. The summed E-state index contributed by atoms with van der Waals surface area (Å²) in [5.74, 6) is 2.46. The van der Waals surface area contributed by atoms with Gasteiger partial charge in [-0.2, -0.15) is 4.52 Å². The highest BCUT2D eigenvalue weighted by molar-refractivity contribution is 7.20. The van der Waals surface area contributed by atoms with E-state index in [0.717, 1.165) is 64.8 Å². The van der Waals surface area contributed by atoms with Crippen LogP contribution in [0.15, 0.2) is 18.2 Å². The molecule has 0 amide bonds.